The average Bonchev–Trinajstić information content (AvgIpc) is 1.78. The first-order valence-electron chi connectivity index (χ1n) is 29.2. The molecule has 418 valence electrons. The van der Waals surface area contributed by atoms with Crippen LogP contribution in [0.5, 0.6) is 0 Å². The molecule has 89 heavy (non-hydrogen) atoms. The van der Waals surface area contributed by atoms with Gasteiger partial charge in [0.15, 0.2) is 40.6 Å². The van der Waals surface area contributed by atoms with E-state index in [0.29, 0.717) is 34.9 Å². The summed E-state index contributed by atoms with van der Waals surface area (Å²) in [5, 5.41) is 8.23. The van der Waals surface area contributed by atoms with E-state index in [9.17, 15) is 0 Å². The highest BCUT2D eigenvalue weighted by Crippen LogP contribution is 2.40. The summed E-state index contributed by atoms with van der Waals surface area (Å²) < 4.78 is 15.5. The second-order valence-corrected chi connectivity index (χ2v) is 22.5. The molecule has 0 unspecified atom stereocenters. The highest BCUT2D eigenvalue weighted by molar-refractivity contribution is 9.10. The summed E-state index contributed by atoms with van der Waals surface area (Å²) in [5.74, 6) is 3.95. The summed E-state index contributed by atoms with van der Waals surface area (Å²) in [4.78, 5) is 32.1. The summed E-state index contributed by atoms with van der Waals surface area (Å²) in [5.41, 5.74) is 16.1. The maximum atomic E-state index is 6.28. The molecule has 0 fully saturated rings. The van der Waals surface area contributed by atoms with Crippen molar-refractivity contribution in [3.05, 3.63) is 295 Å². The summed E-state index contributed by atoms with van der Waals surface area (Å²) in [6.07, 6.45) is 9.14. The van der Waals surface area contributed by atoms with Crippen LogP contribution in [-0.4, -0.2) is 39.5 Å². The Balaban J connectivity index is 0.000000119. The number of allylic oxidation sites excluding steroid dienone is 2. The second kappa shape index (κ2) is 22.6. The van der Waals surface area contributed by atoms with Gasteiger partial charge in [-0.25, -0.2) is 29.9 Å². The minimum atomic E-state index is 0.635. The van der Waals surface area contributed by atoms with Crippen molar-refractivity contribution in [1.29, 1.82) is 0 Å². The standard InChI is InChI=1S/C39H24N4O.C21H14BrN3.C18H10NO/c1-3-11-25(12-4-1)37-40-38(26-13-5-2-6-14-26)42-39(41-37)27-19-21-28(22-20-27)43-33-17-9-7-15-29(33)31-23-32-30-16-8-10-18-35(30)44-36(32)24-34(31)43;22-18-13-11-17(12-14-18)21-24-19(15-7-3-1-4-8-15)23-20(25-21)16-9-5-2-6-10-16;1-3-7-15-11(5-1)13-9-14-12-6-2-4-8-17(12)20-18(14)10-16(13)19-15/h1-24H;1-14H;1-2,4-10,19H/q;;+1. The number of benzene rings is 11. The van der Waals surface area contributed by atoms with Gasteiger partial charge in [0.25, 0.3) is 0 Å². The molecule has 17 aromatic rings. The number of aromatic amines is 1. The topological polar surface area (TPSA) is 124 Å². The van der Waals surface area contributed by atoms with Crippen molar-refractivity contribution in [3.8, 4) is 74.0 Å². The Morgan fingerprint density at radius 1 is 0.337 bits per heavy atom. The SMILES string of the molecule is Brc1ccc(-c2nc(-c3ccccc3)nc(-c3ccccc3)n2)cc1.[C+]1=Cc2[nH]c3cc4oc5ccccc5c4cc3c2C=C1.c1ccc(-c2nc(-c3ccccc3)nc(-c3ccc(-n4c5ccccc5c5cc6c(cc54)oc4ccccc46)cc3)n2)cc1. The van der Waals surface area contributed by atoms with Gasteiger partial charge >= 0.3 is 0 Å². The van der Waals surface area contributed by atoms with Crippen LogP contribution >= 0.6 is 15.9 Å². The molecule has 0 bridgehead atoms. The van der Waals surface area contributed by atoms with Crippen LogP contribution in [0.2, 0.25) is 0 Å². The van der Waals surface area contributed by atoms with Gasteiger partial charge in [-0.05, 0) is 66.7 Å². The van der Waals surface area contributed by atoms with Crippen LogP contribution in [0.4, 0.5) is 0 Å². The van der Waals surface area contributed by atoms with Gasteiger partial charge in [-0.3, -0.25) is 0 Å². The van der Waals surface area contributed by atoms with Crippen molar-refractivity contribution < 1.29 is 8.83 Å². The second-order valence-electron chi connectivity index (χ2n) is 21.5. The molecule has 6 heterocycles. The fourth-order valence-electron chi connectivity index (χ4n) is 11.7. The number of para-hydroxylation sites is 3. The lowest BCUT2D eigenvalue weighted by Crippen LogP contribution is -2.00. The zero-order valence-corrected chi connectivity index (χ0v) is 49.0. The molecular formula is C78H48BrN8O2+. The Bertz CT molecular complexity index is 5430. The molecule has 1 aliphatic carbocycles. The maximum Gasteiger partial charge on any atom is 0.164 e. The van der Waals surface area contributed by atoms with E-state index in [1.54, 1.807) is 0 Å². The first-order chi connectivity index (χ1) is 44.0. The van der Waals surface area contributed by atoms with Gasteiger partial charge in [0.2, 0.25) is 0 Å². The highest BCUT2D eigenvalue weighted by Gasteiger charge is 2.21. The van der Waals surface area contributed by atoms with E-state index >= 15 is 0 Å². The van der Waals surface area contributed by atoms with E-state index in [0.717, 1.165) is 98.9 Å². The lowest BCUT2D eigenvalue weighted by molar-refractivity contribution is 0.669. The molecule has 0 atom stereocenters. The molecule has 6 aromatic heterocycles. The first-order valence-corrected chi connectivity index (χ1v) is 30.0. The Hall–Kier alpha value is -11.8. The van der Waals surface area contributed by atoms with Crippen molar-refractivity contribution in [1.82, 2.24) is 39.5 Å². The van der Waals surface area contributed by atoms with Gasteiger partial charge in [-0.2, -0.15) is 0 Å². The number of hydrogen-bond acceptors (Lipinski definition) is 8. The average molecular weight is 1210 g/mol. The van der Waals surface area contributed by atoms with Crippen LogP contribution in [0.25, 0.3) is 163 Å². The van der Waals surface area contributed by atoms with Crippen molar-refractivity contribution in [3.63, 3.8) is 0 Å². The molecule has 18 rings (SSSR count). The number of rotatable bonds is 7. The van der Waals surface area contributed by atoms with E-state index in [2.05, 4.69) is 134 Å². The Morgan fingerprint density at radius 3 is 1.24 bits per heavy atom. The smallest absolute Gasteiger partial charge is 0.164 e. The normalized spacial score (nSPS) is 11.7. The summed E-state index contributed by atoms with van der Waals surface area (Å²) >= 11 is 3.47. The van der Waals surface area contributed by atoms with Gasteiger partial charge < -0.3 is 18.4 Å². The fraction of sp³-hybridized carbons (Fsp3) is 0. The third-order valence-corrected chi connectivity index (χ3v) is 16.5. The monoisotopic (exact) mass is 1210 g/mol. The van der Waals surface area contributed by atoms with Gasteiger partial charge in [0.1, 0.15) is 40.0 Å². The Morgan fingerprint density at radius 2 is 0.742 bits per heavy atom. The Kier molecular flexibility index (Phi) is 13.4. The fourth-order valence-corrected chi connectivity index (χ4v) is 12.0. The van der Waals surface area contributed by atoms with Gasteiger partial charge in [0, 0.05) is 99.5 Å². The molecule has 11 heteroatoms. The number of hydrogen-bond donors (Lipinski definition) is 1. The summed E-state index contributed by atoms with van der Waals surface area (Å²) in [6.45, 7) is 0. The van der Waals surface area contributed by atoms with Crippen LogP contribution in [0, 0.1) is 6.08 Å². The van der Waals surface area contributed by atoms with Crippen molar-refractivity contribution >= 4 is 105 Å². The lowest BCUT2D eigenvalue weighted by Gasteiger charge is -2.10. The number of aromatic nitrogens is 8. The van der Waals surface area contributed by atoms with Gasteiger partial charge in [0.05, 0.1) is 22.6 Å². The molecule has 0 aliphatic heterocycles. The molecule has 0 radical (unpaired) electrons. The molecule has 1 N–H and O–H groups in total. The quantitative estimate of drug-likeness (QED) is 0.157. The summed E-state index contributed by atoms with van der Waals surface area (Å²) in [6, 6.07) is 90.2. The zero-order valence-electron chi connectivity index (χ0n) is 47.5. The van der Waals surface area contributed by atoms with Crippen LogP contribution in [0.1, 0.15) is 11.3 Å². The number of H-pyrrole nitrogens is 1. The van der Waals surface area contributed by atoms with Crippen molar-refractivity contribution in [2.75, 3.05) is 0 Å². The van der Waals surface area contributed by atoms with Crippen molar-refractivity contribution in [2.45, 2.75) is 0 Å². The highest BCUT2D eigenvalue weighted by atomic mass is 79.9. The number of fused-ring (bicyclic) bond motifs is 12. The molecular weight excluding hydrogens is 1160 g/mol. The summed E-state index contributed by atoms with van der Waals surface area (Å²) in [7, 11) is 0. The molecule has 10 nitrogen and oxygen atoms in total. The van der Waals surface area contributed by atoms with Gasteiger partial charge in [-0.15, -0.1) is 0 Å². The maximum absolute atomic E-state index is 6.28. The third kappa shape index (κ3) is 10.1. The van der Waals surface area contributed by atoms with Crippen molar-refractivity contribution in [2.24, 2.45) is 0 Å². The van der Waals surface area contributed by atoms with E-state index < -0.39 is 0 Å². The minimum absolute atomic E-state index is 0.635. The number of nitrogens with one attached hydrogen (secondary N) is 1. The minimum Gasteiger partial charge on any atom is -0.456 e. The zero-order chi connectivity index (χ0) is 59.2. The molecule has 0 saturated heterocycles. The van der Waals surface area contributed by atoms with Crippen LogP contribution in [0.3, 0.4) is 0 Å². The first kappa shape index (κ1) is 52.8. The van der Waals surface area contributed by atoms with Gasteiger partial charge in [-0.1, -0.05) is 204 Å². The third-order valence-electron chi connectivity index (χ3n) is 16.0. The predicted octanol–water partition coefficient (Wildman–Crippen LogP) is 20.4. The van der Waals surface area contributed by atoms with Crippen LogP contribution < -0.4 is 0 Å². The number of halogens is 1. The number of nitrogens with zero attached hydrogens (tertiary/aromatic N) is 7. The molecule has 0 spiro atoms. The molecule has 0 saturated carbocycles. The number of furan rings is 2. The van der Waals surface area contributed by atoms with E-state index in [1.807, 2.05) is 188 Å². The lowest BCUT2D eigenvalue weighted by atomic mass is 10.0. The van der Waals surface area contributed by atoms with E-state index in [1.165, 1.54) is 32.5 Å². The largest absolute Gasteiger partial charge is 0.456 e. The van der Waals surface area contributed by atoms with Crippen LogP contribution in [-0.2, 0) is 0 Å². The Labute approximate surface area is 518 Å². The molecule has 1 aliphatic rings. The molecule has 0 amide bonds. The van der Waals surface area contributed by atoms with E-state index in [-0.39, 0.29) is 0 Å². The molecule has 11 aromatic carbocycles. The predicted molar refractivity (Wildman–Crippen MR) is 364 cm³/mol. The van der Waals surface area contributed by atoms with Crippen LogP contribution in [0.15, 0.2) is 286 Å². The van der Waals surface area contributed by atoms with E-state index in [4.69, 9.17) is 33.8 Å².